The van der Waals surface area contributed by atoms with Crippen LogP contribution in [0.5, 0.6) is 11.6 Å². The maximum atomic E-state index is 16.1. The minimum Gasteiger partial charge on any atom is -0.476 e. The molecule has 1 aliphatic carbocycles. The van der Waals surface area contributed by atoms with Gasteiger partial charge < -0.3 is 29.6 Å². The lowest BCUT2D eigenvalue weighted by Gasteiger charge is -2.25. The van der Waals surface area contributed by atoms with E-state index < -0.39 is 50.5 Å². The van der Waals surface area contributed by atoms with Crippen LogP contribution in [0.2, 0.25) is 5.02 Å². The Hall–Kier alpha value is -3.07. The number of anilines is 1. The van der Waals surface area contributed by atoms with Gasteiger partial charge in [-0.3, -0.25) is 13.9 Å². The van der Waals surface area contributed by atoms with Gasteiger partial charge >= 0.3 is 13.7 Å². The van der Waals surface area contributed by atoms with Crippen LogP contribution in [-0.4, -0.2) is 73.8 Å². The third kappa shape index (κ3) is 6.93. The molecule has 1 aromatic carbocycles. The van der Waals surface area contributed by atoms with Gasteiger partial charge in [-0.1, -0.05) is 11.6 Å². The van der Waals surface area contributed by atoms with Gasteiger partial charge in [0.05, 0.1) is 19.5 Å². The highest BCUT2D eigenvalue weighted by Crippen LogP contribution is 2.48. The summed E-state index contributed by atoms with van der Waals surface area (Å²) in [6.07, 6.45) is -0.0265. The highest BCUT2D eigenvalue weighted by Gasteiger charge is 2.56. The van der Waals surface area contributed by atoms with Gasteiger partial charge in [-0.25, -0.2) is 13.9 Å². The van der Waals surface area contributed by atoms with Crippen molar-refractivity contribution in [3.63, 3.8) is 0 Å². The SMILES string of the molecule is CCOc1nc(N)nc2c1ncn2[C@@H]1O[C@H](COP(=O)(N[C@@H](C)C(=O)OC2CCCC2)Oc2ccc(Cl)cc2)[C@@H](O)[C@@]1(C)F. The van der Waals surface area contributed by atoms with E-state index in [-0.39, 0.29) is 41.5 Å². The fraction of sp³-hybridized carbons (Fsp3) is 0.556. The standard InChI is InChI=1S/C27H35ClFN6O8P/c1-4-39-23-20-22(32-26(30)33-23)35(14-31-20)25-27(3,29)21(36)19(42-25)13-40-44(38,43-18-11-9-16(28)10-12-18)34-15(2)24(37)41-17-7-5-6-8-17/h9-12,14-15,17,19,21,25,36H,4-8,13H2,1-3H3,(H,34,38)(H2,30,32,33)/t15-,19+,21+,25+,27+,44?/m0/s1. The van der Waals surface area contributed by atoms with Crippen LogP contribution in [0, 0.1) is 0 Å². The Kier molecular flexibility index (Phi) is 9.64. The van der Waals surface area contributed by atoms with E-state index in [4.69, 9.17) is 40.6 Å². The lowest BCUT2D eigenvalue weighted by atomic mass is 9.98. The third-order valence-electron chi connectivity index (χ3n) is 7.40. The molecule has 240 valence electrons. The van der Waals surface area contributed by atoms with Crippen molar-refractivity contribution in [2.24, 2.45) is 0 Å². The van der Waals surface area contributed by atoms with Crippen molar-refractivity contribution < 1.29 is 42.1 Å². The van der Waals surface area contributed by atoms with E-state index in [9.17, 15) is 14.5 Å². The molecule has 5 rings (SSSR count). The number of fused-ring (bicyclic) bond motifs is 1. The number of aromatic nitrogens is 4. The number of rotatable bonds is 12. The number of nitrogen functional groups attached to an aromatic ring is 1. The second-order valence-corrected chi connectivity index (χ2v) is 12.9. The fourth-order valence-electron chi connectivity index (χ4n) is 5.12. The quantitative estimate of drug-likeness (QED) is 0.187. The maximum Gasteiger partial charge on any atom is 0.459 e. The third-order valence-corrected chi connectivity index (χ3v) is 9.29. The van der Waals surface area contributed by atoms with Crippen LogP contribution in [0.3, 0.4) is 0 Å². The average molecular weight is 657 g/mol. The molecule has 3 aromatic rings. The van der Waals surface area contributed by atoms with E-state index in [1.807, 2.05) is 0 Å². The molecule has 6 atom stereocenters. The number of esters is 1. The van der Waals surface area contributed by atoms with Crippen molar-refractivity contribution in [3.05, 3.63) is 35.6 Å². The minimum atomic E-state index is -4.35. The number of benzene rings is 1. The van der Waals surface area contributed by atoms with E-state index in [1.165, 1.54) is 42.1 Å². The van der Waals surface area contributed by atoms with Gasteiger partial charge in [0.2, 0.25) is 11.8 Å². The lowest BCUT2D eigenvalue weighted by molar-refractivity contribution is -0.150. The first-order valence-corrected chi connectivity index (χ1v) is 16.2. The van der Waals surface area contributed by atoms with E-state index >= 15 is 4.39 Å². The zero-order valence-electron chi connectivity index (χ0n) is 24.4. The molecule has 0 radical (unpaired) electrons. The van der Waals surface area contributed by atoms with E-state index in [0.717, 1.165) is 32.6 Å². The van der Waals surface area contributed by atoms with Crippen LogP contribution in [-0.2, 0) is 23.4 Å². The van der Waals surface area contributed by atoms with Crippen molar-refractivity contribution >= 4 is 42.4 Å². The maximum absolute atomic E-state index is 16.1. The molecule has 44 heavy (non-hydrogen) atoms. The van der Waals surface area contributed by atoms with Crippen LogP contribution in [0.1, 0.15) is 52.7 Å². The van der Waals surface area contributed by atoms with Crippen molar-refractivity contribution in [2.75, 3.05) is 18.9 Å². The summed E-state index contributed by atoms with van der Waals surface area (Å²) < 4.78 is 59.6. The Morgan fingerprint density at radius 2 is 2.02 bits per heavy atom. The summed E-state index contributed by atoms with van der Waals surface area (Å²) in [5.41, 5.74) is 3.79. The first kappa shape index (κ1) is 32.3. The molecule has 1 saturated carbocycles. The molecule has 2 fully saturated rings. The topological polar surface area (TPSA) is 182 Å². The normalized spacial score (nSPS) is 26.0. The van der Waals surface area contributed by atoms with Crippen molar-refractivity contribution in [3.8, 4) is 11.6 Å². The number of carbonyl (C=O) groups excluding carboxylic acids is 1. The monoisotopic (exact) mass is 656 g/mol. The number of aliphatic hydroxyl groups is 1. The number of alkyl halides is 1. The summed E-state index contributed by atoms with van der Waals surface area (Å²) in [6, 6.07) is 4.87. The number of nitrogens with one attached hydrogen (secondary N) is 1. The fourth-order valence-corrected chi connectivity index (χ4v) is 6.75. The highest BCUT2D eigenvalue weighted by atomic mass is 35.5. The molecule has 4 N–H and O–H groups in total. The molecular weight excluding hydrogens is 622 g/mol. The van der Waals surface area contributed by atoms with Crippen LogP contribution in [0.15, 0.2) is 30.6 Å². The summed E-state index contributed by atoms with van der Waals surface area (Å²) in [7, 11) is -4.35. The predicted molar refractivity (Wildman–Crippen MR) is 157 cm³/mol. The number of hydrogen-bond donors (Lipinski definition) is 3. The minimum absolute atomic E-state index is 0.111. The molecule has 2 aliphatic rings. The molecular formula is C27H35ClFN6O8P. The van der Waals surface area contributed by atoms with E-state index in [0.29, 0.717) is 5.02 Å². The summed E-state index contributed by atoms with van der Waals surface area (Å²) in [4.78, 5) is 25.2. The number of carbonyl (C=O) groups is 1. The molecule has 3 heterocycles. The molecule has 2 aromatic heterocycles. The van der Waals surface area contributed by atoms with Crippen molar-refractivity contribution in [1.29, 1.82) is 0 Å². The average Bonchev–Trinajstić information content (AvgIpc) is 3.68. The number of imidazole rings is 1. The first-order chi connectivity index (χ1) is 20.9. The number of hydrogen-bond acceptors (Lipinski definition) is 12. The Bertz CT molecular complexity index is 1520. The van der Waals surface area contributed by atoms with Crippen LogP contribution in [0.4, 0.5) is 10.3 Å². The smallest absolute Gasteiger partial charge is 0.459 e. The number of ether oxygens (including phenoxy) is 3. The summed E-state index contributed by atoms with van der Waals surface area (Å²) in [5, 5.41) is 14.0. The Morgan fingerprint density at radius 3 is 2.70 bits per heavy atom. The number of aliphatic hydroxyl groups excluding tert-OH is 1. The number of nitrogens with two attached hydrogens (primary N) is 1. The Morgan fingerprint density at radius 1 is 1.32 bits per heavy atom. The van der Waals surface area contributed by atoms with Crippen LogP contribution in [0.25, 0.3) is 11.2 Å². The molecule has 1 aliphatic heterocycles. The molecule has 1 saturated heterocycles. The van der Waals surface area contributed by atoms with E-state index in [2.05, 4.69) is 20.0 Å². The molecule has 0 amide bonds. The Labute approximate surface area is 257 Å². The molecule has 14 nitrogen and oxygen atoms in total. The van der Waals surface area contributed by atoms with E-state index in [1.54, 1.807) is 6.92 Å². The van der Waals surface area contributed by atoms with Crippen molar-refractivity contribution in [1.82, 2.24) is 24.6 Å². The number of nitrogens with zero attached hydrogens (tertiary/aromatic N) is 4. The summed E-state index contributed by atoms with van der Waals surface area (Å²) >= 11 is 5.96. The first-order valence-electron chi connectivity index (χ1n) is 14.2. The van der Waals surface area contributed by atoms with Crippen molar-refractivity contribution in [2.45, 2.75) is 82.7 Å². The summed E-state index contributed by atoms with van der Waals surface area (Å²) in [6.45, 7) is 4.05. The van der Waals surface area contributed by atoms with Crippen LogP contribution < -0.4 is 20.1 Å². The zero-order chi connectivity index (χ0) is 31.6. The van der Waals surface area contributed by atoms with Gasteiger partial charge in [-0.15, -0.1) is 0 Å². The molecule has 17 heteroatoms. The van der Waals surface area contributed by atoms with Gasteiger partial charge in [-0.05, 0) is 70.7 Å². The van der Waals surface area contributed by atoms with Gasteiger partial charge in [0, 0.05) is 5.02 Å². The van der Waals surface area contributed by atoms with Gasteiger partial charge in [0.25, 0.3) is 0 Å². The second kappa shape index (κ2) is 13.1. The van der Waals surface area contributed by atoms with Gasteiger partial charge in [0.15, 0.2) is 23.1 Å². The lowest BCUT2D eigenvalue weighted by Crippen LogP contribution is -2.41. The molecule has 0 spiro atoms. The predicted octanol–water partition coefficient (Wildman–Crippen LogP) is 4.11. The molecule has 0 bridgehead atoms. The summed E-state index contributed by atoms with van der Waals surface area (Å²) in [5.74, 6) is -0.531. The van der Waals surface area contributed by atoms with Gasteiger partial charge in [-0.2, -0.15) is 15.1 Å². The number of halogens is 2. The highest BCUT2D eigenvalue weighted by molar-refractivity contribution is 7.52. The van der Waals surface area contributed by atoms with Crippen LogP contribution >= 0.6 is 19.3 Å². The zero-order valence-corrected chi connectivity index (χ0v) is 26.0. The Balaban J connectivity index is 1.35. The van der Waals surface area contributed by atoms with Gasteiger partial charge in [0.1, 0.15) is 30.1 Å². The largest absolute Gasteiger partial charge is 0.476 e. The molecule has 1 unspecified atom stereocenters. The second-order valence-electron chi connectivity index (χ2n) is 10.8.